The number of hydrogen-bond donors (Lipinski definition) is 1. The number of amides is 1. The molecule has 4 fully saturated rings. The zero-order valence-electron chi connectivity index (χ0n) is 23.2. The number of aliphatic hydroxyl groups is 1. The van der Waals surface area contributed by atoms with Crippen LogP contribution in [-0.4, -0.2) is 47.8 Å². The molecule has 8 atom stereocenters. The quantitative estimate of drug-likeness (QED) is 0.377. The van der Waals surface area contributed by atoms with E-state index in [1.54, 1.807) is 12.7 Å². The number of carbonyl (C=O) groups excluding carboxylic acids is 1. The van der Waals surface area contributed by atoms with Gasteiger partial charge in [-0.05, 0) is 98.2 Å². The van der Waals surface area contributed by atoms with Gasteiger partial charge in [0.15, 0.2) is 0 Å². The summed E-state index contributed by atoms with van der Waals surface area (Å²) in [5, 5.41) is 10.3. The molecule has 4 aliphatic carbocycles. The fourth-order valence-corrected chi connectivity index (χ4v) is 9.85. The van der Waals surface area contributed by atoms with E-state index in [0.29, 0.717) is 42.2 Å². The third-order valence-electron chi connectivity index (χ3n) is 12.2. The van der Waals surface area contributed by atoms with Crippen molar-refractivity contribution in [3.05, 3.63) is 11.6 Å². The molecule has 1 heterocycles. The van der Waals surface area contributed by atoms with Crippen LogP contribution in [0.3, 0.4) is 0 Å². The average molecular weight is 496 g/mol. The number of terminal acetylenes is 1. The molecule has 0 aromatic rings. The largest absolute Gasteiger partial charge is 0.393 e. The first kappa shape index (κ1) is 26.3. The Labute approximate surface area is 219 Å². The van der Waals surface area contributed by atoms with Crippen LogP contribution >= 0.6 is 0 Å². The molecule has 4 nitrogen and oxygen atoms in total. The molecule has 0 aromatic carbocycles. The molecule has 1 aliphatic heterocycles. The summed E-state index contributed by atoms with van der Waals surface area (Å²) < 4.78 is 5.57. The second-order valence-corrected chi connectivity index (χ2v) is 13.6. The Bertz CT molecular complexity index is 911. The molecular formula is C32H49NO3. The lowest BCUT2D eigenvalue weighted by Gasteiger charge is -2.58. The number of aliphatic hydroxyl groups excluding tert-OH is 1. The minimum atomic E-state index is -0.486. The first-order valence-electron chi connectivity index (χ1n) is 14.8. The summed E-state index contributed by atoms with van der Waals surface area (Å²) in [7, 11) is 1.68. The number of fused-ring (bicyclic) bond motifs is 5. The van der Waals surface area contributed by atoms with E-state index in [0.717, 1.165) is 62.2 Å². The van der Waals surface area contributed by atoms with E-state index in [4.69, 9.17) is 11.2 Å². The fraction of sp³-hybridized carbons (Fsp3) is 0.844. The molecule has 1 saturated heterocycles. The molecule has 0 spiro atoms. The zero-order chi connectivity index (χ0) is 25.7. The molecule has 5 rings (SSSR count). The van der Waals surface area contributed by atoms with Gasteiger partial charge in [-0.2, -0.15) is 0 Å². The highest BCUT2D eigenvalue weighted by atomic mass is 16.5. The van der Waals surface area contributed by atoms with Crippen molar-refractivity contribution in [3.63, 3.8) is 0 Å². The predicted octanol–water partition coefficient (Wildman–Crippen LogP) is 5.98. The van der Waals surface area contributed by atoms with E-state index in [9.17, 15) is 9.90 Å². The first-order chi connectivity index (χ1) is 17.2. The number of likely N-dealkylation sites (tertiary alicyclic amines) is 1. The molecule has 1 amide bonds. The highest BCUT2D eigenvalue weighted by Gasteiger charge is 2.59. The topological polar surface area (TPSA) is 49.8 Å². The van der Waals surface area contributed by atoms with E-state index in [-0.39, 0.29) is 6.10 Å². The number of allylic oxidation sites excluding steroid dienone is 1. The Balaban J connectivity index is 1.19. The Morgan fingerprint density at radius 1 is 1.17 bits per heavy atom. The Morgan fingerprint density at radius 2 is 1.92 bits per heavy atom. The Hall–Kier alpha value is -1.31. The van der Waals surface area contributed by atoms with Crippen LogP contribution in [0.25, 0.3) is 0 Å². The van der Waals surface area contributed by atoms with Crippen molar-refractivity contribution in [2.75, 3.05) is 20.2 Å². The van der Waals surface area contributed by atoms with Gasteiger partial charge in [0.05, 0.1) is 6.10 Å². The molecule has 3 saturated carbocycles. The number of carbonyl (C=O) groups is 1. The fourth-order valence-electron chi connectivity index (χ4n) is 9.85. The van der Waals surface area contributed by atoms with Crippen molar-refractivity contribution in [2.45, 2.75) is 110 Å². The second-order valence-electron chi connectivity index (χ2n) is 13.6. The van der Waals surface area contributed by atoms with Crippen LogP contribution in [0, 0.1) is 52.8 Å². The van der Waals surface area contributed by atoms with Gasteiger partial charge in [0.2, 0.25) is 5.91 Å². The van der Waals surface area contributed by atoms with Crippen molar-refractivity contribution in [1.82, 2.24) is 4.90 Å². The van der Waals surface area contributed by atoms with E-state index in [1.165, 1.54) is 32.1 Å². The predicted molar refractivity (Wildman–Crippen MR) is 144 cm³/mol. The summed E-state index contributed by atoms with van der Waals surface area (Å²) in [6.07, 6.45) is 20.9. The number of methoxy groups -OCH3 is 1. The smallest absolute Gasteiger partial charge is 0.222 e. The molecular weight excluding hydrogens is 446 g/mol. The van der Waals surface area contributed by atoms with Gasteiger partial charge in [-0.25, -0.2) is 0 Å². The van der Waals surface area contributed by atoms with Crippen LogP contribution in [-0.2, 0) is 9.53 Å². The monoisotopic (exact) mass is 495 g/mol. The van der Waals surface area contributed by atoms with Crippen LogP contribution in [0.4, 0.5) is 0 Å². The maximum absolute atomic E-state index is 13.1. The Morgan fingerprint density at radius 3 is 2.61 bits per heavy atom. The maximum Gasteiger partial charge on any atom is 0.222 e. The number of piperidine rings is 1. The van der Waals surface area contributed by atoms with Crippen LogP contribution in [0.5, 0.6) is 0 Å². The molecule has 36 heavy (non-hydrogen) atoms. The van der Waals surface area contributed by atoms with Gasteiger partial charge in [0.25, 0.3) is 0 Å². The lowest BCUT2D eigenvalue weighted by atomic mass is 9.47. The summed E-state index contributed by atoms with van der Waals surface area (Å²) >= 11 is 0. The zero-order valence-corrected chi connectivity index (χ0v) is 23.2. The van der Waals surface area contributed by atoms with Crippen LogP contribution in [0.15, 0.2) is 11.6 Å². The van der Waals surface area contributed by atoms with Gasteiger partial charge in [0.1, 0.15) is 5.60 Å². The second kappa shape index (κ2) is 9.77. The first-order valence-corrected chi connectivity index (χ1v) is 14.8. The van der Waals surface area contributed by atoms with Crippen LogP contribution in [0.2, 0.25) is 0 Å². The third-order valence-corrected chi connectivity index (χ3v) is 12.2. The van der Waals surface area contributed by atoms with Crippen molar-refractivity contribution >= 4 is 5.91 Å². The van der Waals surface area contributed by atoms with Gasteiger partial charge < -0.3 is 14.7 Å². The molecule has 0 radical (unpaired) electrons. The third kappa shape index (κ3) is 4.27. The standard InChI is InChI=1S/C32H49NO3/c1-6-32(36-5)17-19-33(20-18-32)29(35)12-7-22(2)26-10-11-27-25-9-8-23-21-24(34)13-15-30(23,3)28(25)14-16-31(26,27)4/h1,8,22,24-28,34H,7,9-21H2,2-5H3/t22-,24+,25+,26-,27+,28+,30+,31-/m1/s1. The molecule has 200 valence electrons. The van der Waals surface area contributed by atoms with Crippen molar-refractivity contribution < 1.29 is 14.6 Å². The minimum absolute atomic E-state index is 0.126. The van der Waals surface area contributed by atoms with E-state index < -0.39 is 5.60 Å². The molecule has 0 unspecified atom stereocenters. The number of hydrogen-bond acceptors (Lipinski definition) is 3. The SMILES string of the molecule is C#CC1(OC)CCN(C(=O)CC[C@@H](C)[C@H]2CC[C@H]3[C@@H]4CC=C5C[C@@H](O)CC[C@]5(C)[C@H]4CC[C@]23C)CC1. The van der Waals surface area contributed by atoms with Crippen LogP contribution in [0.1, 0.15) is 97.8 Å². The highest BCUT2D eigenvalue weighted by Crippen LogP contribution is 2.67. The van der Waals surface area contributed by atoms with Gasteiger partial charge in [-0.1, -0.05) is 38.3 Å². The van der Waals surface area contributed by atoms with Crippen molar-refractivity contribution in [1.29, 1.82) is 0 Å². The molecule has 0 aromatic heterocycles. The van der Waals surface area contributed by atoms with Gasteiger partial charge in [0, 0.05) is 39.5 Å². The summed E-state index contributed by atoms with van der Waals surface area (Å²) in [6.45, 7) is 8.97. The summed E-state index contributed by atoms with van der Waals surface area (Å²) in [4.78, 5) is 15.1. The van der Waals surface area contributed by atoms with Crippen molar-refractivity contribution in [3.8, 4) is 12.3 Å². The lowest BCUT2D eigenvalue weighted by molar-refractivity contribution is -0.135. The number of nitrogens with zero attached hydrogens (tertiary/aromatic N) is 1. The van der Waals surface area contributed by atoms with Gasteiger partial charge in [-0.15, -0.1) is 6.42 Å². The van der Waals surface area contributed by atoms with E-state index in [2.05, 4.69) is 32.8 Å². The molecule has 1 N–H and O–H groups in total. The average Bonchev–Trinajstić information content (AvgIpc) is 3.25. The molecule has 5 aliphatic rings. The van der Waals surface area contributed by atoms with E-state index in [1.807, 2.05) is 4.90 Å². The molecule has 4 heteroatoms. The maximum atomic E-state index is 13.1. The van der Waals surface area contributed by atoms with Crippen molar-refractivity contribution in [2.24, 2.45) is 40.4 Å². The van der Waals surface area contributed by atoms with Gasteiger partial charge >= 0.3 is 0 Å². The minimum Gasteiger partial charge on any atom is -0.393 e. The summed E-state index contributed by atoms with van der Waals surface area (Å²) in [5.41, 5.74) is 1.80. The number of rotatable bonds is 5. The van der Waals surface area contributed by atoms with Crippen LogP contribution < -0.4 is 0 Å². The lowest BCUT2D eigenvalue weighted by Crippen LogP contribution is -2.50. The summed E-state index contributed by atoms with van der Waals surface area (Å²) in [6, 6.07) is 0. The van der Waals surface area contributed by atoms with Gasteiger partial charge in [-0.3, -0.25) is 4.79 Å². The summed E-state index contributed by atoms with van der Waals surface area (Å²) in [5.74, 6) is 6.83. The number of ether oxygens (including phenoxy) is 1. The normalized spacial score (nSPS) is 42.4. The van der Waals surface area contributed by atoms with E-state index >= 15 is 0 Å². The highest BCUT2D eigenvalue weighted by molar-refractivity contribution is 5.76. The Kier molecular flexibility index (Phi) is 7.14. The molecule has 0 bridgehead atoms.